The Hall–Kier alpha value is -4.12. The molecular weight excluding hydrogens is 637 g/mol. The first kappa shape index (κ1) is 30.8. The summed E-state index contributed by atoms with van der Waals surface area (Å²) in [6.45, 7) is 0. The van der Waals surface area contributed by atoms with Gasteiger partial charge in [-0.2, -0.15) is 25.3 Å². The lowest BCUT2D eigenvalue weighted by atomic mass is 10.1. The van der Waals surface area contributed by atoms with Crippen LogP contribution in [0.15, 0.2) is 88.8 Å². The molecule has 42 heavy (non-hydrogen) atoms. The van der Waals surface area contributed by atoms with E-state index in [1.165, 1.54) is 30.0 Å². The van der Waals surface area contributed by atoms with Gasteiger partial charge in [0.15, 0.2) is 22.5 Å². The van der Waals surface area contributed by atoms with E-state index in [0.717, 1.165) is 18.2 Å². The summed E-state index contributed by atoms with van der Waals surface area (Å²) < 4.78 is 98.7. The van der Waals surface area contributed by atoms with Crippen LogP contribution in [0, 0.1) is 0 Å². The predicted octanol–water partition coefficient (Wildman–Crippen LogP) is 4.09. The zero-order chi connectivity index (χ0) is 31.0. The molecule has 220 valence electrons. The van der Waals surface area contributed by atoms with Crippen molar-refractivity contribution < 1.29 is 38.9 Å². The monoisotopic (exact) mass is 654 g/mol. The molecule has 17 nitrogen and oxygen atoms in total. The van der Waals surface area contributed by atoms with Crippen molar-refractivity contribution in [1.29, 1.82) is 0 Å². The van der Waals surface area contributed by atoms with Crippen molar-refractivity contribution >= 4 is 87.3 Å². The van der Waals surface area contributed by atoms with Crippen LogP contribution in [-0.2, 0) is 30.4 Å². The lowest BCUT2D eigenvalue weighted by Crippen LogP contribution is -2.02. The zero-order valence-corrected chi connectivity index (χ0v) is 24.1. The molecular formula is C21H18N8O9S4. The molecule has 0 bridgehead atoms. The molecule has 4 aromatic rings. The van der Waals surface area contributed by atoms with Crippen molar-refractivity contribution in [3.63, 3.8) is 0 Å². The SMILES string of the molecule is CSc1nc(N)c(/N=N/c2ccc(/N=N/c3cc(S(=O)(=O)O)ccc3S(=O)(=O)O)c3ccc(S(=O)(=O)O)cc23)c(N)n1. The highest BCUT2D eigenvalue weighted by atomic mass is 32.2. The van der Waals surface area contributed by atoms with Gasteiger partial charge in [0, 0.05) is 10.8 Å². The van der Waals surface area contributed by atoms with Crippen LogP contribution < -0.4 is 11.5 Å². The van der Waals surface area contributed by atoms with E-state index in [-0.39, 0.29) is 39.5 Å². The van der Waals surface area contributed by atoms with E-state index < -0.39 is 50.7 Å². The molecule has 4 rings (SSSR count). The molecule has 0 aliphatic carbocycles. The third-order valence-corrected chi connectivity index (χ3v) is 8.52. The average Bonchev–Trinajstić information content (AvgIpc) is 2.89. The Balaban J connectivity index is 1.90. The van der Waals surface area contributed by atoms with Crippen LogP contribution in [0.1, 0.15) is 0 Å². The Kier molecular flexibility index (Phi) is 8.28. The van der Waals surface area contributed by atoms with Gasteiger partial charge in [-0.1, -0.05) is 17.8 Å². The number of fused-ring (bicyclic) bond motifs is 1. The van der Waals surface area contributed by atoms with Gasteiger partial charge in [-0.15, -0.1) is 20.5 Å². The molecule has 0 aliphatic rings. The summed E-state index contributed by atoms with van der Waals surface area (Å²) in [5.41, 5.74) is 11.1. The van der Waals surface area contributed by atoms with E-state index in [1.54, 1.807) is 6.26 Å². The molecule has 0 aliphatic heterocycles. The summed E-state index contributed by atoms with van der Waals surface area (Å²) in [4.78, 5) is 6.01. The molecule has 7 N–H and O–H groups in total. The molecule has 3 aromatic carbocycles. The Morgan fingerprint density at radius 3 is 1.69 bits per heavy atom. The van der Waals surface area contributed by atoms with Crippen LogP contribution in [0.4, 0.5) is 34.4 Å². The van der Waals surface area contributed by atoms with E-state index in [9.17, 15) is 38.9 Å². The summed E-state index contributed by atoms with van der Waals surface area (Å²) in [6.07, 6.45) is 1.71. The van der Waals surface area contributed by atoms with E-state index >= 15 is 0 Å². The largest absolute Gasteiger partial charge is 0.382 e. The fourth-order valence-corrected chi connectivity index (χ4v) is 5.45. The van der Waals surface area contributed by atoms with Gasteiger partial charge in [0.2, 0.25) is 0 Å². The second-order valence-electron chi connectivity index (χ2n) is 8.10. The maximum atomic E-state index is 11.8. The molecule has 1 heterocycles. The molecule has 0 saturated carbocycles. The number of benzene rings is 3. The van der Waals surface area contributed by atoms with Crippen molar-refractivity contribution in [3.05, 3.63) is 48.5 Å². The van der Waals surface area contributed by atoms with Crippen molar-refractivity contribution in [2.45, 2.75) is 19.8 Å². The highest BCUT2D eigenvalue weighted by Gasteiger charge is 2.20. The van der Waals surface area contributed by atoms with Gasteiger partial charge in [0.25, 0.3) is 30.4 Å². The Morgan fingerprint density at radius 1 is 0.643 bits per heavy atom. The number of thioether (sulfide) groups is 1. The predicted molar refractivity (Wildman–Crippen MR) is 151 cm³/mol. The van der Waals surface area contributed by atoms with Crippen molar-refractivity contribution in [1.82, 2.24) is 9.97 Å². The van der Waals surface area contributed by atoms with Crippen LogP contribution in [0.2, 0.25) is 0 Å². The van der Waals surface area contributed by atoms with E-state index in [4.69, 9.17) is 11.5 Å². The first-order valence-electron chi connectivity index (χ1n) is 10.9. The maximum Gasteiger partial charge on any atom is 0.296 e. The fourth-order valence-electron chi connectivity index (χ4n) is 3.46. The smallest absolute Gasteiger partial charge is 0.296 e. The van der Waals surface area contributed by atoms with Crippen molar-refractivity contribution in [2.75, 3.05) is 17.7 Å². The van der Waals surface area contributed by atoms with Gasteiger partial charge >= 0.3 is 0 Å². The second kappa shape index (κ2) is 11.3. The minimum Gasteiger partial charge on any atom is -0.382 e. The molecule has 0 saturated heterocycles. The van der Waals surface area contributed by atoms with Gasteiger partial charge < -0.3 is 11.5 Å². The normalized spacial score (nSPS) is 13.0. The van der Waals surface area contributed by atoms with E-state index in [0.29, 0.717) is 17.3 Å². The van der Waals surface area contributed by atoms with Gasteiger partial charge in [0.05, 0.1) is 21.2 Å². The summed E-state index contributed by atoms with van der Waals surface area (Å²) in [6, 6.07) is 8.10. The van der Waals surface area contributed by atoms with Crippen LogP contribution in [0.25, 0.3) is 10.8 Å². The quantitative estimate of drug-likeness (QED) is 0.0774. The lowest BCUT2D eigenvalue weighted by molar-refractivity contribution is 0.478. The topological polar surface area (TPSA) is 290 Å². The third kappa shape index (κ3) is 6.67. The number of nitrogens with zero attached hydrogens (tertiary/aromatic N) is 6. The molecule has 0 fully saturated rings. The number of rotatable bonds is 8. The Bertz CT molecular complexity index is 2110. The minimum atomic E-state index is -4.90. The summed E-state index contributed by atoms with van der Waals surface area (Å²) in [5.74, 6) is -0.156. The van der Waals surface area contributed by atoms with E-state index in [2.05, 4.69) is 30.4 Å². The summed E-state index contributed by atoms with van der Waals surface area (Å²) in [7, 11) is -14.4. The number of nitrogens with two attached hydrogens (primary N) is 2. The number of anilines is 2. The molecule has 21 heteroatoms. The standard InChI is InChI=1S/C21H18N8O9S4/c1-39-21-24-19(22)18(20(23)25-21)29-27-15-6-5-14(12-4-2-10(8-13(12)15)40(30,31)32)26-28-16-9-11(41(33,34)35)3-7-17(16)42(36,37)38/h2-9H,1H3,(H,30,31,32)(H,33,34,35)(H,36,37,38)(H4,22,23,24,25)/b28-26+,29-27+. The first-order valence-corrected chi connectivity index (χ1v) is 16.5. The Labute approximate surface area is 242 Å². The first-order chi connectivity index (χ1) is 19.5. The molecule has 0 amide bonds. The number of nitrogen functional groups attached to an aromatic ring is 2. The minimum absolute atomic E-state index is 0.0175. The molecule has 0 atom stereocenters. The molecule has 0 radical (unpaired) electrons. The van der Waals surface area contributed by atoms with Gasteiger partial charge in [0.1, 0.15) is 10.6 Å². The average molecular weight is 655 g/mol. The van der Waals surface area contributed by atoms with Gasteiger partial charge in [-0.3, -0.25) is 13.7 Å². The third-order valence-electron chi connectivity index (χ3n) is 5.37. The second-order valence-corrected chi connectivity index (χ2v) is 13.1. The van der Waals surface area contributed by atoms with Crippen LogP contribution in [0.5, 0.6) is 0 Å². The number of hydrogen-bond donors (Lipinski definition) is 5. The van der Waals surface area contributed by atoms with Crippen LogP contribution >= 0.6 is 11.8 Å². The fraction of sp³-hybridized carbons (Fsp3) is 0.0476. The van der Waals surface area contributed by atoms with Crippen molar-refractivity contribution in [3.8, 4) is 0 Å². The molecule has 1 aromatic heterocycles. The zero-order valence-electron chi connectivity index (χ0n) is 20.9. The van der Waals surface area contributed by atoms with E-state index in [1.807, 2.05) is 0 Å². The van der Waals surface area contributed by atoms with Gasteiger partial charge in [-0.25, -0.2) is 9.97 Å². The highest BCUT2D eigenvalue weighted by Crippen LogP contribution is 2.38. The van der Waals surface area contributed by atoms with Crippen molar-refractivity contribution in [2.24, 2.45) is 20.5 Å². The molecule has 0 spiro atoms. The maximum absolute atomic E-state index is 11.8. The van der Waals surface area contributed by atoms with Crippen LogP contribution in [0.3, 0.4) is 0 Å². The van der Waals surface area contributed by atoms with Crippen LogP contribution in [-0.4, -0.2) is 55.1 Å². The lowest BCUT2D eigenvalue weighted by Gasteiger charge is -2.08. The number of hydrogen-bond acceptors (Lipinski definition) is 15. The Morgan fingerprint density at radius 2 is 1.14 bits per heavy atom. The number of aromatic nitrogens is 2. The summed E-state index contributed by atoms with van der Waals surface area (Å²) in [5, 5.41) is 16.2. The number of azo groups is 2. The highest BCUT2D eigenvalue weighted by molar-refractivity contribution is 7.98. The molecule has 0 unspecified atom stereocenters. The summed E-state index contributed by atoms with van der Waals surface area (Å²) >= 11 is 1.19. The van der Waals surface area contributed by atoms with Gasteiger partial charge in [-0.05, 0) is 48.7 Å².